The maximum Gasteiger partial charge on any atom is 0.321 e. The van der Waals surface area contributed by atoms with Crippen molar-refractivity contribution in [3.63, 3.8) is 0 Å². The van der Waals surface area contributed by atoms with Gasteiger partial charge < -0.3 is 15.0 Å². The van der Waals surface area contributed by atoms with Gasteiger partial charge in [0.15, 0.2) is 0 Å². The molecule has 1 heterocycles. The van der Waals surface area contributed by atoms with E-state index in [0.29, 0.717) is 29.4 Å². The van der Waals surface area contributed by atoms with E-state index in [4.69, 9.17) is 16.3 Å². The summed E-state index contributed by atoms with van der Waals surface area (Å²) >= 11 is 5.93. The summed E-state index contributed by atoms with van der Waals surface area (Å²) < 4.78 is 19.5. The first-order valence-corrected chi connectivity index (χ1v) is 8.66. The molecular formula is C19H20ClFN2O2. The number of nitrogens with zero attached hydrogens (tertiary/aromatic N) is 1. The van der Waals surface area contributed by atoms with Crippen LogP contribution in [0.2, 0.25) is 5.02 Å². The number of hydrogen-bond acceptors (Lipinski definition) is 2. The van der Waals surface area contributed by atoms with Gasteiger partial charge in [-0.15, -0.1) is 0 Å². The number of carbonyl (C=O) groups is 1. The van der Waals surface area contributed by atoms with Gasteiger partial charge in [-0.2, -0.15) is 0 Å². The second-order valence-corrected chi connectivity index (χ2v) is 6.49. The maximum atomic E-state index is 13.7. The van der Waals surface area contributed by atoms with Crippen LogP contribution in [-0.2, 0) is 11.3 Å². The smallest absolute Gasteiger partial charge is 0.321 e. The van der Waals surface area contributed by atoms with Crippen LogP contribution in [0.15, 0.2) is 48.5 Å². The number of amides is 2. The van der Waals surface area contributed by atoms with Gasteiger partial charge in [0.2, 0.25) is 0 Å². The molecule has 4 nitrogen and oxygen atoms in total. The monoisotopic (exact) mass is 362 g/mol. The molecule has 2 amide bonds. The summed E-state index contributed by atoms with van der Waals surface area (Å²) in [6.45, 7) is 1.37. The van der Waals surface area contributed by atoms with Crippen molar-refractivity contribution in [1.82, 2.24) is 4.90 Å². The summed E-state index contributed by atoms with van der Waals surface area (Å²) in [4.78, 5) is 14.1. The molecule has 6 heteroatoms. The number of nitrogens with one attached hydrogen (secondary N) is 1. The third-order valence-electron chi connectivity index (χ3n) is 4.17. The Morgan fingerprint density at radius 2 is 2.12 bits per heavy atom. The molecule has 0 aromatic heterocycles. The van der Waals surface area contributed by atoms with E-state index in [1.54, 1.807) is 47.4 Å². The Labute approximate surface area is 151 Å². The zero-order valence-corrected chi connectivity index (χ0v) is 14.5. The number of rotatable bonds is 4. The average molecular weight is 363 g/mol. The Bertz CT molecular complexity index is 741. The van der Waals surface area contributed by atoms with E-state index < -0.39 is 0 Å². The summed E-state index contributed by atoms with van der Waals surface area (Å²) in [7, 11) is 0. The van der Waals surface area contributed by atoms with Crippen LogP contribution in [0.5, 0.6) is 0 Å². The second kappa shape index (κ2) is 8.32. The predicted molar refractivity (Wildman–Crippen MR) is 96.3 cm³/mol. The zero-order chi connectivity index (χ0) is 17.6. The van der Waals surface area contributed by atoms with Gasteiger partial charge in [0.05, 0.1) is 12.7 Å². The minimum absolute atomic E-state index is 0.0986. The fourth-order valence-electron chi connectivity index (χ4n) is 2.85. The number of ether oxygens (including phenoxy) is 1. The summed E-state index contributed by atoms with van der Waals surface area (Å²) in [5.74, 6) is -0.270. The molecule has 25 heavy (non-hydrogen) atoms. The van der Waals surface area contributed by atoms with Crippen LogP contribution in [0.1, 0.15) is 18.4 Å². The van der Waals surface area contributed by atoms with Crippen molar-refractivity contribution in [2.75, 3.05) is 18.4 Å². The normalized spacial score (nSPS) is 17.4. The molecule has 1 aliphatic rings. The number of piperidine rings is 1. The number of benzene rings is 2. The SMILES string of the molecule is O=C(Nc1cccc(Cl)c1)N1CCC[C@H](OCc2ccccc2F)C1. The van der Waals surface area contributed by atoms with E-state index in [1.807, 2.05) is 0 Å². The van der Waals surface area contributed by atoms with Crippen LogP contribution in [-0.4, -0.2) is 30.1 Å². The molecule has 0 bridgehead atoms. The lowest BCUT2D eigenvalue weighted by Crippen LogP contribution is -2.45. The fourth-order valence-corrected chi connectivity index (χ4v) is 3.04. The van der Waals surface area contributed by atoms with E-state index in [2.05, 4.69) is 5.32 Å². The second-order valence-electron chi connectivity index (χ2n) is 6.05. The van der Waals surface area contributed by atoms with Crippen molar-refractivity contribution in [3.8, 4) is 0 Å². The lowest BCUT2D eigenvalue weighted by Gasteiger charge is -2.32. The molecule has 2 aromatic rings. The van der Waals surface area contributed by atoms with Gasteiger partial charge in [0.1, 0.15) is 5.82 Å². The first-order valence-electron chi connectivity index (χ1n) is 8.28. The summed E-state index contributed by atoms with van der Waals surface area (Å²) in [6.07, 6.45) is 1.61. The Morgan fingerprint density at radius 3 is 2.92 bits per heavy atom. The van der Waals surface area contributed by atoms with Crippen LogP contribution in [0, 0.1) is 5.82 Å². The van der Waals surface area contributed by atoms with Crippen LogP contribution < -0.4 is 5.32 Å². The number of halogens is 2. The van der Waals surface area contributed by atoms with Crippen molar-refractivity contribution < 1.29 is 13.9 Å². The minimum atomic E-state index is -0.270. The van der Waals surface area contributed by atoms with Gasteiger partial charge in [-0.05, 0) is 37.1 Å². The fraction of sp³-hybridized carbons (Fsp3) is 0.316. The van der Waals surface area contributed by atoms with E-state index in [1.165, 1.54) is 6.07 Å². The van der Waals surface area contributed by atoms with E-state index >= 15 is 0 Å². The molecule has 1 atom stereocenters. The van der Waals surface area contributed by atoms with Crippen LogP contribution in [0.25, 0.3) is 0 Å². The van der Waals surface area contributed by atoms with Gasteiger partial charge >= 0.3 is 6.03 Å². The standard InChI is InChI=1S/C19H20ClFN2O2/c20-15-6-3-7-16(11-15)22-19(24)23-10-4-8-17(12-23)25-13-14-5-1-2-9-18(14)21/h1-3,5-7,9,11,17H,4,8,10,12-13H2,(H,22,24)/t17-/m0/s1. The number of carbonyl (C=O) groups excluding carboxylic acids is 1. The average Bonchev–Trinajstić information content (AvgIpc) is 2.61. The number of urea groups is 1. The van der Waals surface area contributed by atoms with Crippen molar-refractivity contribution >= 4 is 23.3 Å². The van der Waals surface area contributed by atoms with Gasteiger partial charge in [-0.3, -0.25) is 0 Å². The zero-order valence-electron chi connectivity index (χ0n) is 13.8. The highest BCUT2D eigenvalue weighted by atomic mass is 35.5. The summed E-state index contributed by atoms with van der Waals surface area (Å²) in [5.41, 5.74) is 1.19. The highest BCUT2D eigenvalue weighted by Gasteiger charge is 2.24. The van der Waals surface area contributed by atoms with Crippen molar-refractivity contribution in [1.29, 1.82) is 0 Å². The molecule has 3 rings (SSSR count). The quantitative estimate of drug-likeness (QED) is 0.857. The number of hydrogen-bond donors (Lipinski definition) is 1. The van der Waals surface area contributed by atoms with Gasteiger partial charge in [0.25, 0.3) is 0 Å². The molecule has 0 spiro atoms. The molecule has 0 radical (unpaired) electrons. The van der Waals surface area contributed by atoms with Crippen molar-refractivity contribution in [2.45, 2.75) is 25.6 Å². The third kappa shape index (κ3) is 4.94. The topological polar surface area (TPSA) is 41.6 Å². The Hall–Kier alpha value is -2.11. The van der Waals surface area contributed by atoms with Crippen LogP contribution >= 0.6 is 11.6 Å². The largest absolute Gasteiger partial charge is 0.372 e. The molecule has 132 valence electrons. The molecule has 1 N–H and O–H groups in total. The highest BCUT2D eigenvalue weighted by molar-refractivity contribution is 6.30. The Kier molecular flexibility index (Phi) is 5.89. The molecule has 2 aromatic carbocycles. The van der Waals surface area contributed by atoms with Crippen molar-refractivity contribution in [2.24, 2.45) is 0 Å². The lowest BCUT2D eigenvalue weighted by atomic mass is 10.1. The Morgan fingerprint density at radius 1 is 1.28 bits per heavy atom. The van der Waals surface area contributed by atoms with E-state index in [0.717, 1.165) is 12.8 Å². The molecule has 1 saturated heterocycles. The van der Waals surface area contributed by atoms with Gasteiger partial charge in [-0.25, -0.2) is 9.18 Å². The minimum Gasteiger partial charge on any atom is -0.372 e. The molecule has 1 fully saturated rings. The molecule has 0 unspecified atom stereocenters. The maximum absolute atomic E-state index is 13.7. The van der Waals surface area contributed by atoms with Gasteiger partial charge in [-0.1, -0.05) is 35.9 Å². The molecular weight excluding hydrogens is 343 g/mol. The molecule has 0 aliphatic carbocycles. The van der Waals surface area contributed by atoms with Crippen LogP contribution in [0.3, 0.4) is 0 Å². The molecule has 0 saturated carbocycles. The highest BCUT2D eigenvalue weighted by Crippen LogP contribution is 2.19. The van der Waals surface area contributed by atoms with Crippen molar-refractivity contribution in [3.05, 3.63) is 64.9 Å². The van der Waals surface area contributed by atoms with Crippen LogP contribution in [0.4, 0.5) is 14.9 Å². The predicted octanol–water partition coefficient (Wildman–Crippen LogP) is 4.69. The molecule has 1 aliphatic heterocycles. The Balaban J connectivity index is 1.53. The number of anilines is 1. The summed E-state index contributed by atoms with van der Waals surface area (Å²) in [5, 5.41) is 3.41. The lowest BCUT2D eigenvalue weighted by molar-refractivity contribution is -0.0000421. The first-order chi connectivity index (χ1) is 12.1. The first kappa shape index (κ1) is 17.7. The third-order valence-corrected chi connectivity index (χ3v) is 4.41. The van der Waals surface area contributed by atoms with E-state index in [-0.39, 0.29) is 24.6 Å². The van der Waals surface area contributed by atoms with Gasteiger partial charge in [0, 0.05) is 29.4 Å². The summed E-state index contributed by atoms with van der Waals surface area (Å²) in [6, 6.07) is 13.4. The number of likely N-dealkylation sites (tertiary alicyclic amines) is 1. The van der Waals surface area contributed by atoms with E-state index in [9.17, 15) is 9.18 Å².